The second-order valence-electron chi connectivity index (χ2n) is 3.16. The van der Waals surface area contributed by atoms with E-state index in [9.17, 15) is 0 Å². The molecule has 58 valence electrons. The molecule has 0 spiro atoms. The lowest BCUT2D eigenvalue weighted by Gasteiger charge is -2.04. The van der Waals surface area contributed by atoms with Gasteiger partial charge in [0.15, 0.2) is 0 Å². The molecule has 0 amide bonds. The van der Waals surface area contributed by atoms with Crippen molar-refractivity contribution in [2.24, 2.45) is 5.92 Å². The van der Waals surface area contributed by atoms with E-state index in [0.717, 1.165) is 12.6 Å². The molecule has 2 heteroatoms. The summed E-state index contributed by atoms with van der Waals surface area (Å²) < 4.78 is 0. The Balaban J connectivity index is 2.13. The van der Waals surface area contributed by atoms with Crippen LogP contribution in [0.15, 0.2) is 11.9 Å². The predicted molar refractivity (Wildman–Crippen MR) is 43.3 cm³/mol. The Morgan fingerprint density at radius 1 is 1.60 bits per heavy atom. The molecular formula is C8H16N2. The SMILES string of the molecule is CC(C)CCC1=CNCN1. The molecule has 1 aliphatic heterocycles. The van der Waals surface area contributed by atoms with Gasteiger partial charge in [-0.15, -0.1) is 0 Å². The van der Waals surface area contributed by atoms with Crippen molar-refractivity contribution in [1.82, 2.24) is 10.6 Å². The second kappa shape index (κ2) is 3.49. The molecule has 2 N–H and O–H groups in total. The quantitative estimate of drug-likeness (QED) is 0.619. The molecule has 0 fully saturated rings. The van der Waals surface area contributed by atoms with Crippen LogP contribution < -0.4 is 10.6 Å². The van der Waals surface area contributed by atoms with Crippen LogP contribution in [0.3, 0.4) is 0 Å². The highest BCUT2D eigenvalue weighted by atomic mass is 15.1. The van der Waals surface area contributed by atoms with Crippen molar-refractivity contribution in [3.05, 3.63) is 11.9 Å². The van der Waals surface area contributed by atoms with Crippen LogP contribution >= 0.6 is 0 Å². The molecule has 0 aromatic rings. The summed E-state index contributed by atoms with van der Waals surface area (Å²) in [4.78, 5) is 0. The van der Waals surface area contributed by atoms with E-state index in [0.29, 0.717) is 0 Å². The first kappa shape index (κ1) is 7.45. The van der Waals surface area contributed by atoms with E-state index in [-0.39, 0.29) is 0 Å². The van der Waals surface area contributed by atoms with Crippen molar-refractivity contribution in [1.29, 1.82) is 0 Å². The number of hydrogen-bond acceptors (Lipinski definition) is 2. The molecule has 10 heavy (non-hydrogen) atoms. The third-order valence-corrected chi connectivity index (χ3v) is 1.68. The summed E-state index contributed by atoms with van der Waals surface area (Å²) in [5.41, 5.74) is 1.36. The maximum atomic E-state index is 3.26. The van der Waals surface area contributed by atoms with E-state index in [1.807, 2.05) is 0 Å². The van der Waals surface area contributed by atoms with Crippen LogP contribution in [0.25, 0.3) is 0 Å². The molecule has 0 aromatic carbocycles. The van der Waals surface area contributed by atoms with Gasteiger partial charge in [-0.25, -0.2) is 0 Å². The maximum Gasteiger partial charge on any atom is 0.0843 e. The summed E-state index contributed by atoms with van der Waals surface area (Å²) in [7, 11) is 0. The first-order chi connectivity index (χ1) is 4.79. The van der Waals surface area contributed by atoms with Gasteiger partial charge in [0, 0.05) is 11.9 Å². The molecular weight excluding hydrogens is 124 g/mol. The van der Waals surface area contributed by atoms with E-state index in [4.69, 9.17) is 0 Å². The van der Waals surface area contributed by atoms with Crippen LogP contribution in [-0.2, 0) is 0 Å². The van der Waals surface area contributed by atoms with Gasteiger partial charge in [-0.05, 0) is 18.8 Å². The monoisotopic (exact) mass is 140 g/mol. The molecule has 0 atom stereocenters. The van der Waals surface area contributed by atoms with Crippen molar-refractivity contribution in [3.8, 4) is 0 Å². The molecule has 1 heterocycles. The van der Waals surface area contributed by atoms with Crippen molar-refractivity contribution < 1.29 is 0 Å². The van der Waals surface area contributed by atoms with Crippen LogP contribution in [0.4, 0.5) is 0 Å². The van der Waals surface area contributed by atoms with E-state index in [1.54, 1.807) is 0 Å². The van der Waals surface area contributed by atoms with Gasteiger partial charge in [-0.3, -0.25) is 0 Å². The molecule has 0 radical (unpaired) electrons. The largest absolute Gasteiger partial charge is 0.372 e. The predicted octanol–water partition coefficient (Wildman–Crippen LogP) is 1.41. The second-order valence-corrected chi connectivity index (χ2v) is 3.16. The average Bonchev–Trinajstić information content (AvgIpc) is 2.34. The molecule has 0 aliphatic carbocycles. The van der Waals surface area contributed by atoms with Crippen molar-refractivity contribution in [2.45, 2.75) is 26.7 Å². The highest BCUT2D eigenvalue weighted by Gasteiger charge is 2.02. The number of nitrogens with one attached hydrogen (secondary N) is 2. The van der Waals surface area contributed by atoms with Crippen molar-refractivity contribution in [3.63, 3.8) is 0 Å². The summed E-state index contributed by atoms with van der Waals surface area (Å²) in [5.74, 6) is 0.809. The Bertz CT molecular complexity index is 127. The lowest BCUT2D eigenvalue weighted by atomic mass is 10.1. The third kappa shape index (κ3) is 2.29. The van der Waals surface area contributed by atoms with E-state index in [2.05, 4.69) is 30.7 Å². The normalized spacial score (nSPS) is 16.5. The molecule has 0 bridgehead atoms. The van der Waals surface area contributed by atoms with Crippen molar-refractivity contribution in [2.75, 3.05) is 6.67 Å². The lowest BCUT2D eigenvalue weighted by molar-refractivity contribution is 0.573. The number of allylic oxidation sites excluding steroid dienone is 1. The molecule has 0 unspecified atom stereocenters. The van der Waals surface area contributed by atoms with Crippen LogP contribution in [0, 0.1) is 5.92 Å². The number of hydrogen-bond donors (Lipinski definition) is 2. The summed E-state index contributed by atoms with van der Waals surface area (Å²) in [6, 6.07) is 0. The molecule has 0 aromatic heterocycles. The standard InChI is InChI=1S/C8H16N2/c1-7(2)3-4-8-5-9-6-10-8/h5,7,9-10H,3-4,6H2,1-2H3. The van der Waals surface area contributed by atoms with Crippen molar-refractivity contribution >= 4 is 0 Å². The summed E-state index contributed by atoms with van der Waals surface area (Å²) in [6.45, 7) is 5.42. The first-order valence-electron chi connectivity index (χ1n) is 3.95. The van der Waals surface area contributed by atoms with E-state index >= 15 is 0 Å². The Morgan fingerprint density at radius 2 is 2.40 bits per heavy atom. The first-order valence-corrected chi connectivity index (χ1v) is 3.95. The van der Waals surface area contributed by atoms with Gasteiger partial charge in [0.1, 0.15) is 0 Å². The van der Waals surface area contributed by atoms with Gasteiger partial charge in [-0.1, -0.05) is 13.8 Å². The lowest BCUT2D eigenvalue weighted by Crippen LogP contribution is -2.14. The molecule has 0 saturated heterocycles. The molecule has 2 nitrogen and oxygen atoms in total. The fourth-order valence-corrected chi connectivity index (χ4v) is 0.995. The van der Waals surface area contributed by atoms with Crippen LogP contribution in [0.2, 0.25) is 0 Å². The fourth-order valence-electron chi connectivity index (χ4n) is 0.995. The smallest absolute Gasteiger partial charge is 0.0843 e. The minimum Gasteiger partial charge on any atom is -0.372 e. The summed E-state index contributed by atoms with van der Waals surface area (Å²) in [6.07, 6.45) is 4.54. The Hall–Kier alpha value is -0.660. The van der Waals surface area contributed by atoms with Crippen LogP contribution in [-0.4, -0.2) is 6.67 Å². The van der Waals surface area contributed by atoms with Gasteiger partial charge in [-0.2, -0.15) is 0 Å². The summed E-state index contributed by atoms with van der Waals surface area (Å²) in [5, 5.41) is 6.38. The maximum absolute atomic E-state index is 3.26. The number of rotatable bonds is 3. The Labute approximate surface area is 62.7 Å². The fraction of sp³-hybridized carbons (Fsp3) is 0.750. The molecule has 1 rings (SSSR count). The topological polar surface area (TPSA) is 24.1 Å². The van der Waals surface area contributed by atoms with Gasteiger partial charge in [0.25, 0.3) is 0 Å². The zero-order chi connectivity index (χ0) is 7.40. The van der Waals surface area contributed by atoms with Gasteiger partial charge in [0.2, 0.25) is 0 Å². The van der Waals surface area contributed by atoms with E-state index in [1.165, 1.54) is 18.5 Å². The highest BCUT2D eigenvalue weighted by Crippen LogP contribution is 2.09. The minimum absolute atomic E-state index is 0.809. The Morgan fingerprint density at radius 3 is 2.90 bits per heavy atom. The third-order valence-electron chi connectivity index (χ3n) is 1.68. The zero-order valence-electron chi connectivity index (χ0n) is 6.78. The van der Waals surface area contributed by atoms with Crippen LogP contribution in [0.1, 0.15) is 26.7 Å². The summed E-state index contributed by atoms with van der Waals surface area (Å²) >= 11 is 0. The molecule has 1 aliphatic rings. The Kier molecular flexibility index (Phi) is 2.60. The highest BCUT2D eigenvalue weighted by molar-refractivity contribution is 5.02. The van der Waals surface area contributed by atoms with Gasteiger partial charge < -0.3 is 10.6 Å². The van der Waals surface area contributed by atoms with Crippen LogP contribution in [0.5, 0.6) is 0 Å². The van der Waals surface area contributed by atoms with Gasteiger partial charge in [0.05, 0.1) is 6.67 Å². The zero-order valence-corrected chi connectivity index (χ0v) is 6.78. The van der Waals surface area contributed by atoms with Gasteiger partial charge >= 0.3 is 0 Å². The van der Waals surface area contributed by atoms with E-state index < -0.39 is 0 Å². The molecule has 0 saturated carbocycles. The minimum atomic E-state index is 0.809. The average molecular weight is 140 g/mol.